The highest BCUT2D eigenvalue weighted by Gasteiger charge is 2.33. The summed E-state index contributed by atoms with van der Waals surface area (Å²) in [6.45, 7) is 3.69. The zero-order chi connectivity index (χ0) is 25.9. The van der Waals surface area contributed by atoms with Crippen LogP contribution in [0.5, 0.6) is 5.75 Å². The van der Waals surface area contributed by atoms with Gasteiger partial charge in [-0.1, -0.05) is 53.8 Å². The van der Waals surface area contributed by atoms with Crippen molar-refractivity contribution < 1.29 is 23.5 Å². The molecule has 0 fully saturated rings. The van der Waals surface area contributed by atoms with Gasteiger partial charge >= 0.3 is 11.9 Å². The summed E-state index contributed by atoms with van der Waals surface area (Å²) in [7, 11) is 0. The first-order valence-corrected chi connectivity index (χ1v) is 12.4. The van der Waals surface area contributed by atoms with Crippen LogP contribution in [0.2, 0.25) is 0 Å². The maximum absolute atomic E-state index is 13.7. The van der Waals surface area contributed by atoms with Gasteiger partial charge in [-0.15, -0.1) is 0 Å². The number of carbonyl (C=O) groups is 2. The second-order valence-electron chi connectivity index (χ2n) is 8.15. The summed E-state index contributed by atoms with van der Waals surface area (Å²) in [6.07, 6.45) is 3.10. The lowest BCUT2D eigenvalue weighted by Crippen LogP contribution is -2.39. The Morgan fingerprint density at radius 3 is 2.62 bits per heavy atom. The predicted octanol–water partition coefficient (Wildman–Crippen LogP) is 3.61. The highest BCUT2D eigenvalue weighted by atomic mass is 32.1. The van der Waals surface area contributed by atoms with Gasteiger partial charge in [-0.05, 0) is 55.3 Å². The molecule has 2 aromatic carbocycles. The van der Waals surface area contributed by atoms with Crippen LogP contribution in [0.4, 0.5) is 0 Å². The summed E-state index contributed by atoms with van der Waals surface area (Å²) in [5.41, 5.74) is 1.99. The number of nitrogens with zero attached hydrogens (tertiary/aromatic N) is 2. The molecule has 0 saturated heterocycles. The Balaban J connectivity index is 1.57. The van der Waals surface area contributed by atoms with Gasteiger partial charge in [0.25, 0.3) is 5.56 Å². The van der Waals surface area contributed by atoms with Gasteiger partial charge in [-0.3, -0.25) is 9.36 Å². The largest absolute Gasteiger partial charge is 0.463 e. The molecular weight excluding hydrogens is 492 g/mol. The van der Waals surface area contributed by atoms with E-state index in [0.717, 1.165) is 5.56 Å². The molecule has 0 saturated carbocycles. The summed E-state index contributed by atoms with van der Waals surface area (Å²) in [5, 5.41) is 0. The number of allylic oxidation sites excluding steroid dienone is 1. The Morgan fingerprint density at radius 1 is 1.08 bits per heavy atom. The fraction of sp³-hybridized carbons (Fsp3) is 0.143. The Kier molecular flexibility index (Phi) is 6.70. The minimum absolute atomic E-state index is 0.0902. The van der Waals surface area contributed by atoms with Gasteiger partial charge in [0, 0.05) is 0 Å². The van der Waals surface area contributed by atoms with Crippen LogP contribution in [0.3, 0.4) is 0 Å². The lowest BCUT2D eigenvalue weighted by molar-refractivity contribution is -0.139. The molecule has 0 unspecified atom stereocenters. The molecule has 2 aromatic heterocycles. The highest BCUT2D eigenvalue weighted by molar-refractivity contribution is 7.07. The second kappa shape index (κ2) is 10.2. The van der Waals surface area contributed by atoms with Crippen LogP contribution in [0.15, 0.2) is 98.5 Å². The molecule has 8 nitrogen and oxygen atoms in total. The zero-order valence-corrected chi connectivity index (χ0v) is 20.9. The summed E-state index contributed by atoms with van der Waals surface area (Å²) in [5.74, 6) is -0.720. The Hall–Kier alpha value is -4.50. The average Bonchev–Trinajstić information content (AvgIpc) is 3.53. The maximum Gasteiger partial charge on any atom is 0.379 e. The van der Waals surface area contributed by atoms with Gasteiger partial charge in [-0.2, -0.15) is 0 Å². The topological polar surface area (TPSA) is 100 Å². The number of furan rings is 1. The molecule has 1 atom stereocenters. The highest BCUT2D eigenvalue weighted by Crippen LogP contribution is 2.30. The monoisotopic (exact) mass is 514 g/mol. The predicted molar refractivity (Wildman–Crippen MR) is 137 cm³/mol. The lowest BCUT2D eigenvalue weighted by Gasteiger charge is -2.24. The molecule has 1 aliphatic heterocycles. The molecule has 3 heterocycles. The minimum atomic E-state index is -0.667. The van der Waals surface area contributed by atoms with Crippen LogP contribution >= 0.6 is 11.3 Å². The first kappa shape index (κ1) is 24.2. The standard InChI is InChI=1S/C28H22N2O6S/c1-3-34-27(33)23-17(2)29-28-30(24(23)19-10-5-4-6-11-19)25(31)22(37-28)16-18-9-7-12-20(15-18)36-26(32)21-13-8-14-35-21/h4-16,24H,3H2,1-2H3/b22-16+/t24-/m0/s1. The van der Waals surface area contributed by atoms with Crippen LogP contribution in [0, 0.1) is 0 Å². The molecule has 4 aromatic rings. The molecule has 0 aliphatic carbocycles. The third kappa shape index (κ3) is 4.81. The first-order chi connectivity index (χ1) is 18.0. The number of rotatable bonds is 6. The Labute approximate surface area is 215 Å². The Bertz CT molecular complexity index is 1680. The van der Waals surface area contributed by atoms with Crippen molar-refractivity contribution in [3.63, 3.8) is 0 Å². The van der Waals surface area contributed by atoms with Crippen molar-refractivity contribution in [2.75, 3.05) is 6.61 Å². The van der Waals surface area contributed by atoms with Crippen LogP contribution in [-0.2, 0) is 9.53 Å². The molecule has 0 amide bonds. The number of aromatic nitrogens is 1. The second-order valence-corrected chi connectivity index (χ2v) is 9.16. The molecule has 0 N–H and O–H groups in total. The summed E-state index contributed by atoms with van der Waals surface area (Å²) >= 11 is 1.22. The molecule has 5 rings (SSSR count). The van der Waals surface area contributed by atoms with Gasteiger partial charge in [0.05, 0.1) is 34.7 Å². The van der Waals surface area contributed by atoms with Gasteiger partial charge in [0.2, 0.25) is 5.76 Å². The van der Waals surface area contributed by atoms with E-state index in [1.165, 1.54) is 28.2 Å². The van der Waals surface area contributed by atoms with E-state index in [2.05, 4.69) is 4.99 Å². The molecular formula is C28H22N2O6S. The van der Waals surface area contributed by atoms with E-state index >= 15 is 0 Å². The lowest BCUT2D eigenvalue weighted by atomic mass is 9.96. The minimum Gasteiger partial charge on any atom is -0.463 e. The van der Waals surface area contributed by atoms with E-state index in [4.69, 9.17) is 13.9 Å². The van der Waals surface area contributed by atoms with Crippen LogP contribution in [0.25, 0.3) is 6.08 Å². The van der Waals surface area contributed by atoms with E-state index < -0.39 is 18.0 Å². The number of hydrogen-bond acceptors (Lipinski definition) is 8. The smallest absolute Gasteiger partial charge is 0.379 e. The molecule has 37 heavy (non-hydrogen) atoms. The van der Waals surface area contributed by atoms with Crippen LogP contribution < -0.4 is 19.6 Å². The molecule has 0 spiro atoms. The molecule has 9 heteroatoms. The summed E-state index contributed by atoms with van der Waals surface area (Å²) in [6, 6.07) is 18.6. The number of thiazole rings is 1. The van der Waals surface area contributed by atoms with Crippen molar-refractivity contribution in [1.82, 2.24) is 4.57 Å². The molecule has 186 valence electrons. The number of benzene rings is 2. The number of hydrogen-bond donors (Lipinski definition) is 0. The molecule has 1 aliphatic rings. The average molecular weight is 515 g/mol. The molecule has 0 bridgehead atoms. The first-order valence-electron chi connectivity index (χ1n) is 11.6. The van der Waals surface area contributed by atoms with E-state index in [-0.39, 0.29) is 17.9 Å². The van der Waals surface area contributed by atoms with Gasteiger partial charge < -0.3 is 13.9 Å². The third-order valence-corrected chi connectivity index (χ3v) is 6.70. The van der Waals surface area contributed by atoms with Crippen molar-refractivity contribution >= 4 is 29.4 Å². The summed E-state index contributed by atoms with van der Waals surface area (Å²) in [4.78, 5) is 43.9. The number of carbonyl (C=O) groups excluding carboxylic acids is 2. The number of ether oxygens (including phenoxy) is 2. The van der Waals surface area contributed by atoms with Crippen molar-refractivity contribution in [3.05, 3.63) is 121 Å². The normalized spacial score (nSPS) is 15.2. The van der Waals surface area contributed by atoms with E-state index in [1.54, 1.807) is 50.3 Å². The van der Waals surface area contributed by atoms with Crippen LogP contribution in [0.1, 0.15) is 41.6 Å². The fourth-order valence-electron chi connectivity index (χ4n) is 4.11. The van der Waals surface area contributed by atoms with Crippen molar-refractivity contribution in [2.24, 2.45) is 4.99 Å². The summed E-state index contributed by atoms with van der Waals surface area (Å²) < 4.78 is 17.7. The van der Waals surface area contributed by atoms with E-state index in [9.17, 15) is 14.4 Å². The number of fused-ring (bicyclic) bond motifs is 1. The Morgan fingerprint density at radius 2 is 1.89 bits per heavy atom. The van der Waals surface area contributed by atoms with Crippen LogP contribution in [-0.4, -0.2) is 23.1 Å². The van der Waals surface area contributed by atoms with Gasteiger partial charge in [0.1, 0.15) is 5.75 Å². The van der Waals surface area contributed by atoms with E-state index in [1.807, 2.05) is 30.3 Å². The van der Waals surface area contributed by atoms with E-state index in [0.29, 0.717) is 31.9 Å². The fourth-order valence-corrected chi connectivity index (χ4v) is 5.16. The van der Waals surface area contributed by atoms with Crippen molar-refractivity contribution in [2.45, 2.75) is 19.9 Å². The van der Waals surface area contributed by atoms with Crippen molar-refractivity contribution in [1.29, 1.82) is 0 Å². The van der Waals surface area contributed by atoms with Gasteiger partial charge in [0.15, 0.2) is 4.80 Å². The molecule has 0 radical (unpaired) electrons. The van der Waals surface area contributed by atoms with Gasteiger partial charge in [-0.25, -0.2) is 14.6 Å². The zero-order valence-electron chi connectivity index (χ0n) is 20.0. The number of esters is 2. The quantitative estimate of drug-likeness (QED) is 0.288. The third-order valence-electron chi connectivity index (χ3n) is 5.72. The SMILES string of the molecule is CCOC(=O)C1=C(C)N=c2s/c(=C/c3cccc(OC(=O)c4ccco4)c3)c(=O)n2[C@H]1c1ccccc1. The van der Waals surface area contributed by atoms with Crippen molar-refractivity contribution in [3.8, 4) is 5.75 Å². The maximum atomic E-state index is 13.7.